The molecule has 0 fully saturated rings. The molecule has 2 heterocycles. The van der Waals surface area contributed by atoms with Crippen molar-refractivity contribution in [3.8, 4) is 5.69 Å². The molecule has 0 spiro atoms. The molecule has 0 unspecified atom stereocenters. The van der Waals surface area contributed by atoms with Crippen LogP contribution in [0.5, 0.6) is 0 Å². The van der Waals surface area contributed by atoms with E-state index in [-0.39, 0.29) is 34.9 Å². The van der Waals surface area contributed by atoms with Gasteiger partial charge >= 0.3 is 0 Å². The number of aromatic amines is 1. The summed E-state index contributed by atoms with van der Waals surface area (Å²) < 4.78 is 1.73. The van der Waals surface area contributed by atoms with E-state index in [0.717, 1.165) is 10.9 Å². The normalized spacial score (nSPS) is 11.1. The average molecular weight is 470 g/mol. The third-order valence-electron chi connectivity index (χ3n) is 5.82. The van der Waals surface area contributed by atoms with E-state index in [2.05, 4.69) is 10.3 Å². The number of nitrogens with one attached hydrogen (secondary N) is 2. The number of H-pyrrole nitrogens is 1. The number of carbonyl (C=O) groups excluding carboxylic acids is 2. The summed E-state index contributed by atoms with van der Waals surface area (Å²) in [5.41, 5.74) is 2.66. The molecule has 34 heavy (non-hydrogen) atoms. The number of nitrogens with zero attached hydrogens (tertiary/aromatic N) is 1. The maximum absolute atomic E-state index is 13.5. The van der Waals surface area contributed by atoms with Crippen molar-refractivity contribution in [3.05, 3.63) is 111 Å². The maximum atomic E-state index is 13.5. The van der Waals surface area contributed by atoms with E-state index in [1.54, 1.807) is 41.1 Å². The van der Waals surface area contributed by atoms with Gasteiger partial charge in [-0.15, -0.1) is 0 Å². The Hall–Kier alpha value is -4.16. The van der Waals surface area contributed by atoms with E-state index in [4.69, 9.17) is 11.6 Å². The van der Waals surface area contributed by atoms with Crippen LogP contribution in [0.2, 0.25) is 5.02 Å². The topological polar surface area (TPSA) is 84.0 Å². The Balaban J connectivity index is 1.64. The Morgan fingerprint density at radius 2 is 1.79 bits per heavy atom. The first kappa shape index (κ1) is 21.7. The van der Waals surface area contributed by atoms with Crippen molar-refractivity contribution in [3.63, 3.8) is 0 Å². The fourth-order valence-corrected chi connectivity index (χ4v) is 4.41. The molecule has 0 aliphatic rings. The first-order chi connectivity index (χ1) is 16.4. The van der Waals surface area contributed by atoms with Crippen molar-refractivity contribution < 1.29 is 9.59 Å². The van der Waals surface area contributed by atoms with Gasteiger partial charge in [0.15, 0.2) is 11.2 Å². The van der Waals surface area contributed by atoms with Crippen LogP contribution in [0.15, 0.2) is 83.8 Å². The summed E-state index contributed by atoms with van der Waals surface area (Å²) in [7, 11) is 0. The summed E-state index contributed by atoms with van der Waals surface area (Å²) in [6.07, 6.45) is 1.80. The van der Waals surface area contributed by atoms with Crippen LogP contribution in [-0.2, 0) is 6.54 Å². The number of ketones is 1. The van der Waals surface area contributed by atoms with Gasteiger partial charge in [0.25, 0.3) is 5.91 Å². The molecule has 0 aliphatic carbocycles. The number of carbonyl (C=O) groups is 2. The SMILES string of the molecule is CC(=O)c1c(CNC(=O)c2ccc3cc[nH]c3c2)c(=O)c2ccc(Cl)cc2n1-c1ccccc1. The van der Waals surface area contributed by atoms with Crippen molar-refractivity contribution in [2.75, 3.05) is 0 Å². The van der Waals surface area contributed by atoms with Crippen LogP contribution in [0.1, 0.15) is 33.3 Å². The van der Waals surface area contributed by atoms with Gasteiger partial charge in [0.2, 0.25) is 0 Å². The van der Waals surface area contributed by atoms with Crippen molar-refractivity contribution in [2.24, 2.45) is 0 Å². The van der Waals surface area contributed by atoms with Crippen LogP contribution in [0.25, 0.3) is 27.5 Å². The number of aromatic nitrogens is 2. The van der Waals surface area contributed by atoms with Gasteiger partial charge in [-0.1, -0.05) is 35.9 Å². The molecule has 7 heteroatoms. The molecular formula is C27H20ClN3O3. The zero-order valence-electron chi connectivity index (χ0n) is 18.3. The van der Waals surface area contributed by atoms with Crippen LogP contribution in [-0.4, -0.2) is 21.2 Å². The molecule has 5 rings (SSSR count). The van der Waals surface area contributed by atoms with Crippen LogP contribution < -0.4 is 10.7 Å². The van der Waals surface area contributed by atoms with Crippen molar-refractivity contribution in [2.45, 2.75) is 13.5 Å². The van der Waals surface area contributed by atoms with Gasteiger partial charge in [-0.3, -0.25) is 14.4 Å². The van der Waals surface area contributed by atoms with Crippen LogP contribution in [0.3, 0.4) is 0 Å². The molecule has 0 atom stereocenters. The summed E-state index contributed by atoms with van der Waals surface area (Å²) in [5.74, 6) is -0.632. The quantitative estimate of drug-likeness (QED) is 0.344. The Labute approximate surface area is 199 Å². The predicted molar refractivity (Wildman–Crippen MR) is 134 cm³/mol. The van der Waals surface area contributed by atoms with Gasteiger partial charge in [-0.05, 0) is 53.9 Å². The Bertz CT molecular complexity index is 1630. The molecule has 0 bridgehead atoms. The lowest BCUT2D eigenvalue weighted by atomic mass is 10.0. The fourth-order valence-electron chi connectivity index (χ4n) is 4.25. The molecule has 6 nitrogen and oxygen atoms in total. The highest BCUT2D eigenvalue weighted by molar-refractivity contribution is 6.31. The molecule has 2 aromatic heterocycles. The van der Waals surface area contributed by atoms with Gasteiger partial charge < -0.3 is 14.9 Å². The minimum Gasteiger partial charge on any atom is -0.361 e. The number of pyridine rings is 1. The largest absolute Gasteiger partial charge is 0.361 e. The number of rotatable bonds is 5. The molecule has 1 amide bonds. The van der Waals surface area contributed by atoms with Gasteiger partial charge in [-0.2, -0.15) is 0 Å². The van der Waals surface area contributed by atoms with Crippen molar-refractivity contribution in [1.29, 1.82) is 0 Å². The Kier molecular flexibility index (Phi) is 5.51. The smallest absolute Gasteiger partial charge is 0.251 e. The Morgan fingerprint density at radius 1 is 1.00 bits per heavy atom. The van der Waals surface area contributed by atoms with E-state index in [1.165, 1.54) is 6.92 Å². The Morgan fingerprint density at radius 3 is 2.56 bits per heavy atom. The lowest BCUT2D eigenvalue weighted by Gasteiger charge is -2.19. The van der Waals surface area contributed by atoms with Gasteiger partial charge in [-0.25, -0.2) is 0 Å². The molecule has 0 saturated carbocycles. The summed E-state index contributed by atoms with van der Waals surface area (Å²) in [5, 5.41) is 4.68. The zero-order chi connectivity index (χ0) is 23.8. The molecule has 168 valence electrons. The van der Waals surface area contributed by atoms with Crippen LogP contribution in [0, 0.1) is 0 Å². The second-order valence-corrected chi connectivity index (χ2v) is 8.44. The number of para-hydroxylation sites is 1. The van der Waals surface area contributed by atoms with Crippen LogP contribution >= 0.6 is 11.6 Å². The summed E-state index contributed by atoms with van der Waals surface area (Å²) in [4.78, 5) is 42.3. The highest BCUT2D eigenvalue weighted by Crippen LogP contribution is 2.25. The third-order valence-corrected chi connectivity index (χ3v) is 6.05. The maximum Gasteiger partial charge on any atom is 0.251 e. The van der Waals surface area contributed by atoms with E-state index >= 15 is 0 Å². The van der Waals surface area contributed by atoms with Crippen LogP contribution in [0.4, 0.5) is 0 Å². The minimum absolute atomic E-state index is 0.0965. The second-order valence-electron chi connectivity index (χ2n) is 8.01. The number of Topliss-reactive ketones (excluding diaryl/α,β-unsaturated/α-hetero) is 1. The second kappa shape index (κ2) is 8.65. The number of hydrogen-bond donors (Lipinski definition) is 2. The molecule has 3 aromatic carbocycles. The summed E-state index contributed by atoms with van der Waals surface area (Å²) >= 11 is 6.25. The van der Waals surface area contributed by atoms with Gasteiger partial charge in [0.05, 0.1) is 11.2 Å². The highest BCUT2D eigenvalue weighted by atomic mass is 35.5. The van der Waals surface area contributed by atoms with E-state index in [1.807, 2.05) is 42.5 Å². The summed E-state index contributed by atoms with van der Waals surface area (Å²) in [6, 6.07) is 21.5. The molecule has 2 N–H and O–H groups in total. The molecule has 0 saturated heterocycles. The lowest BCUT2D eigenvalue weighted by Crippen LogP contribution is -2.30. The van der Waals surface area contributed by atoms with Crippen molar-refractivity contribution in [1.82, 2.24) is 14.9 Å². The third kappa shape index (κ3) is 3.78. The number of fused-ring (bicyclic) bond motifs is 2. The number of hydrogen-bond acceptors (Lipinski definition) is 3. The van der Waals surface area contributed by atoms with Gasteiger partial charge in [0, 0.05) is 52.4 Å². The lowest BCUT2D eigenvalue weighted by molar-refractivity contribution is 0.0946. The van der Waals surface area contributed by atoms with Gasteiger partial charge in [0.1, 0.15) is 0 Å². The molecule has 0 aliphatic heterocycles. The first-order valence-corrected chi connectivity index (χ1v) is 11.1. The standard InChI is InChI=1S/C27H20ClN3O3/c1-16(32)25-22(15-30-27(34)18-8-7-17-11-12-29-23(17)13-18)26(33)21-10-9-19(28)14-24(21)31(25)20-5-3-2-4-6-20/h2-14,29H,15H2,1H3,(H,30,34). The predicted octanol–water partition coefficient (Wildman–Crippen LogP) is 5.26. The fraction of sp³-hybridized carbons (Fsp3) is 0.0741. The zero-order valence-corrected chi connectivity index (χ0v) is 19.0. The minimum atomic E-state index is -0.340. The van der Waals surface area contributed by atoms with Crippen molar-refractivity contribution >= 4 is 45.1 Å². The number of halogens is 1. The average Bonchev–Trinajstić information content (AvgIpc) is 3.31. The molecular weight excluding hydrogens is 450 g/mol. The van der Waals surface area contributed by atoms with E-state index < -0.39 is 0 Å². The molecule has 5 aromatic rings. The van der Waals surface area contributed by atoms with E-state index in [0.29, 0.717) is 27.2 Å². The number of benzene rings is 3. The van der Waals surface area contributed by atoms with E-state index in [9.17, 15) is 14.4 Å². The first-order valence-electron chi connectivity index (χ1n) is 10.7. The summed E-state index contributed by atoms with van der Waals surface area (Å²) in [6.45, 7) is 1.32. The monoisotopic (exact) mass is 469 g/mol. The molecule has 0 radical (unpaired) electrons. The highest BCUT2D eigenvalue weighted by Gasteiger charge is 2.22. The number of amides is 1.